The Morgan fingerprint density at radius 1 is 1.32 bits per heavy atom. The number of hydrogen-bond acceptors (Lipinski definition) is 3. The number of amides is 1. The summed E-state index contributed by atoms with van der Waals surface area (Å²) in [5.41, 5.74) is -0.0832. The fraction of sp³-hybridized carbons (Fsp3) is 0.429. The number of carbonyl (C=O) groups excluding carboxylic acids is 2. The topological polar surface area (TPSA) is 55.4 Å². The second kappa shape index (κ2) is 6.87. The van der Waals surface area contributed by atoms with Crippen LogP contribution in [-0.4, -0.2) is 25.0 Å². The molecule has 5 heteroatoms. The zero-order chi connectivity index (χ0) is 14.4. The molecule has 104 valence electrons. The average molecular weight is 267 g/mol. The van der Waals surface area contributed by atoms with Crippen molar-refractivity contribution in [2.75, 3.05) is 7.11 Å². The van der Waals surface area contributed by atoms with Crippen LogP contribution in [0.25, 0.3) is 0 Å². The van der Waals surface area contributed by atoms with E-state index in [1.54, 1.807) is 6.07 Å². The first kappa shape index (κ1) is 15.1. The van der Waals surface area contributed by atoms with Crippen LogP contribution in [0.1, 0.15) is 30.6 Å². The molecular weight excluding hydrogens is 249 g/mol. The minimum Gasteiger partial charge on any atom is -0.467 e. The molecule has 19 heavy (non-hydrogen) atoms. The molecule has 1 amide bonds. The van der Waals surface area contributed by atoms with Gasteiger partial charge in [0, 0.05) is 0 Å². The summed E-state index contributed by atoms with van der Waals surface area (Å²) in [6, 6.07) is 4.86. The fourth-order valence-electron chi connectivity index (χ4n) is 1.71. The summed E-state index contributed by atoms with van der Waals surface area (Å²) in [5.74, 6) is -1.56. The number of hydrogen-bond donors (Lipinski definition) is 1. The minimum atomic E-state index is -0.767. The molecule has 0 aliphatic heterocycles. The van der Waals surface area contributed by atoms with Crippen LogP contribution in [0.3, 0.4) is 0 Å². The van der Waals surface area contributed by atoms with Gasteiger partial charge in [0.25, 0.3) is 5.91 Å². The maximum atomic E-state index is 13.5. The summed E-state index contributed by atoms with van der Waals surface area (Å²) >= 11 is 0. The molecule has 4 nitrogen and oxygen atoms in total. The lowest BCUT2D eigenvalue weighted by molar-refractivity contribution is -0.143. The number of methoxy groups -OCH3 is 1. The summed E-state index contributed by atoms with van der Waals surface area (Å²) in [4.78, 5) is 23.5. The number of benzene rings is 1. The molecule has 1 aromatic carbocycles. The third kappa shape index (κ3) is 4.35. The SMILES string of the molecule is COC(=O)[C@H](CC(C)C)NC(=O)c1ccccc1F. The number of carbonyl (C=O) groups is 2. The van der Waals surface area contributed by atoms with Crippen molar-refractivity contribution in [2.24, 2.45) is 5.92 Å². The molecule has 0 saturated heterocycles. The van der Waals surface area contributed by atoms with Crippen molar-refractivity contribution in [2.45, 2.75) is 26.3 Å². The average Bonchev–Trinajstić information content (AvgIpc) is 2.36. The van der Waals surface area contributed by atoms with Crippen molar-refractivity contribution in [1.29, 1.82) is 0 Å². The second-order valence-electron chi connectivity index (χ2n) is 4.66. The van der Waals surface area contributed by atoms with E-state index in [1.165, 1.54) is 25.3 Å². The number of ether oxygens (including phenoxy) is 1. The van der Waals surface area contributed by atoms with E-state index in [1.807, 2.05) is 13.8 Å². The first-order valence-electron chi connectivity index (χ1n) is 6.09. The molecule has 0 saturated carbocycles. The van der Waals surface area contributed by atoms with Gasteiger partial charge in [0.2, 0.25) is 0 Å². The Morgan fingerprint density at radius 2 is 1.95 bits per heavy atom. The molecule has 0 spiro atoms. The Balaban J connectivity index is 2.82. The van der Waals surface area contributed by atoms with E-state index in [9.17, 15) is 14.0 Å². The van der Waals surface area contributed by atoms with Gasteiger partial charge < -0.3 is 10.1 Å². The van der Waals surface area contributed by atoms with Gasteiger partial charge in [-0.25, -0.2) is 9.18 Å². The highest BCUT2D eigenvalue weighted by Crippen LogP contribution is 2.10. The maximum Gasteiger partial charge on any atom is 0.328 e. The van der Waals surface area contributed by atoms with Gasteiger partial charge in [-0.1, -0.05) is 26.0 Å². The van der Waals surface area contributed by atoms with Crippen molar-refractivity contribution in [3.8, 4) is 0 Å². The lowest BCUT2D eigenvalue weighted by atomic mass is 10.0. The van der Waals surface area contributed by atoms with E-state index >= 15 is 0 Å². The van der Waals surface area contributed by atoms with E-state index in [0.717, 1.165) is 0 Å². The number of esters is 1. The van der Waals surface area contributed by atoms with Crippen LogP contribution in [0.5, 0.6) is 0 Å². The van der Waals surface area contributed by atoms with Gasteiger partial charge in [0.15, 0.2) is 0 Å². The molecule has 0 aliphatic carbocycles. The Labute approximate surface area is 112 Å². The molecule has 1 atom stereocenters. The lowest BCUT2D eigenvalue weighted by Gasteiger charge is -2.18. The number of rotatable bonds is 5. The van der Waals surface area contributed by atoms with E-state index in [2.05, 4.69) is 10.1 Å². The predicted molar refractivity (Wildman–Crippen MR) is 69.1 cm³/mol. The molecule has 0 radical (unpaired) electrons. The highest BCUT2D eigenvalue weighted by molar-refractivity contribution is 5.96. The molecule has 1 aromatic rings. The standard InChI is InChI=1S/C14H18FNO3/c1-9(2)8-12(14(18)19-3)16-13(17)10-6-4-5-7-11(10)15/h4-7,9,12H,8H2,1-3H3,(H,16,17)/t12-/m0/s1. The molecular formula is C14H18FNO3. The molecule has 0 fully saturated rings. The predicted octanol–water partition coefficient (Wildman–Crippen LogP) is 2.14. The quantitative estimate of drug-likeness (QED) is 0.832. The van der Waals surface area contributed by atoms with Gasteiger partial charge >= 0.3 is 5.97 Å². The molecule has 1 N–H and O–H groups in total. The summed E-state index contributed by atoms with van der Waals surface area (Å²) in [7, 11) is 1.25. The molecule has 0 bridgehead atoms. The highest BCUT2D eigenvalue weighted by atomic mass is 19.1. The van der Waals surface area contributed by atoms with Crippen LogP contribution in [0, 0.1) is 11.7 Å². The van der Waals surface area contributed by atoms with Gasteiger partial charge in [0.05, 0.1) is 12.7 Å². The van der Waals surface area contributed by atoms with Gasteiger partial charge in [-0.3, -0.25) is 4.79 Å². The smallest absolute Gasteiger partial charge is 0.328 e. The zero-order valence-corrected chi connectivity index (χ0v) is 11.3. The Morgan fingerprint density at radius 3 is 2.47 bits per heavy atom. The number of nitrogens with one attached hydrogen (secondary N) is 1. The highest BCUT2D eigenvalue weighted by Gasteiger charge is 2.24. The van der Waals surface area contributed by atoms with Crippen LogP contribution >= 0.6 is 0 Å². The number of halogens is 1. The van der Waals surface area contributed by atoms with Crippen LogP contribution in [0.4, 0.5) is 4.39 Å². The van der Waals surface area contributed by atoms with Crippen molar-refractivity contribution < 1.29 is 18.7 Å². The second-order valence-corrected chi connectivity index (χ2v) is 4.66. The zero-order valence-electron chi connectivity index (χ0n) is 11.3. The molecule has 0 heterocycles. The van der Waals surface area contributed by atoms with Crippen molar-refractivity contribution in [1.82, 2.24) is 5.32 Å². The summed E-state index contributed by atoms with van der Waals surface area (Å²) < 4.78 is 18.1. The van der Waals surface area contributed by atoms with Crippen LogP contribution < -0.4 is 5.32 Å². The van der Waals surface area contributed by atoms with Crippen molar-refractivity contribution in [3.05, 3.63) is 35.6 Å². The third-order valence-electron chi connectivity index (χ3n) is 2.62. The third-order valence-corrected chi connectivity index (χ3v) is 2.62. The summed E-state index contributed by atoms with van der Waals surface area (Å²) in [6.07, 6.45) is 0.437. The Bertz CT molecular complexity index is 460. The van der Waals surface area contributed by atoms with E-state index in [4.69, 9.17) is 0 Å². The Kier molecular flexibility index (Phi) is 5.48. The molecule has 1 rings (SSSR count). The first-order valence-corrected chi connectivity index (χ1v) is 6.09. The van der Waals surface area contributed by atoms with Gasteiger partial charge in [0.1, 0.15) is 11.9 Å². The maximum absolute atomic E-state index is 13.5. The molecule has 0 aromatic heterocycles. The summed E-state index contributed by atoms with van der Waals surface area (Å²) in [5, 5.41) is 2.50. The van der Waals surface area contributed by atoms with Crippen molar-refractivity contribution in [3.63, 3.8) is 0 Å². The molecule has 0 aliphatic rings. The van der Waals surface area contributed by atoms with E-state index in [-0.39, 0.29) is 11.5 Å². The Hall–Kier alpha value is -1.91. The fourth-order valence-corrected chi connectivity index (χ4v) is 1.71. The van der Waals surface area contributed by atoms with E-state index < -0.39 is 23.7 Å². The largest absolute Gasteiger partial charge is 0.467 e. The minimum absolute atomic E-state index is 0.0832. The normalized spacial score (nSPS) is 12.1. The summed E-state index contributed by atoms with van der Waals surface area (Å²) in [6.45, 7) is 3.84. The van der Waals surface area contributed by atoms with Crippen LogP contribution in [0.15, 0.2) is 24.3 Å². The van der Waals surface area contributed by atoms with Crippen LogP contribution in [0.2, 0.25) is 0 Å². The van der Waals surface area contributed by atoms with Gasteiger partial charge in [-0.15, -0.1) is 0 Å². The van der Waals surface area contributed by atoms with Crippen molar-refractivity contribution >= 4 is 11.9 Å². The lowest BCUT2D eigenvalue weighted by Crippen LogP contribution is -2.42. The first-order chi connectivity index (χ1) is 8.95. The molecule has 0 unspecified atom stereocenters. The van der Waals surface area contributed by atoms with E-state index in [0.29, 0.717) is 6.42 Å². The van der Waals surface area contributed by atoms with Gasteiger partial charge in [-0.2, -0.15) is 0 Å². The monoisotopic (exact) mass is 267 g/mol. The van der Waals surface area contributed by atoms with Gasteiger partial charge in [-0.05, 0) is 24.5 Å². The van der Waals surface area contributed by atoms with Crippen LogP contribution in [-0.2, 0) is 9.53 Å².